The Kier molecular flexibility index (Phi) is 3.22. The molecule has 0 aromatic heterocycles. The Labute approximate surface area is 81.4 Å². The van der Waals surface area contributed by atoms with Crippen LogP contribution in [-0.2, 0) is 23.9 Å². The summed E-state index contributed by atoms with van der Waals surface area (Å²) in [6, 6.07) is 0. The maximum atomic E-state index is 11.5. The van der Waals surface area contributed by atoms with Gasteiger partial charge in [-0.15, -0.1) is 0 Å². The summed E-state index contributed by atoms with van der Waals surface area (Å²) in [6.07, 6.45) is 0.733. The normalized spacial score (nSPS) is 26.0. The van der Waals surface area contributed by atoms with Crippen LogP contribution in [0.2, 0.25) is 0 Å². The first-order valence-electron chi connectivity index (χ1n) is 4.31. The van der Waals surface area contributed by atoms with Gasteiger partial charge >= 0.3 is 11.9 Å². The molecule has 0 radical (unpaired) electrons. The van der Waals surface area contributed by atoms with Crippen LogP contribution >= 0.6 is 0 Å². The number of hydrogen-bond donors (Lipinski definition) is 0. The van der Waals surface area contributed by atoms with Crippen molar-refractivity contribution in [2.45, 2.75) is 12.8 Å². The lowest BCUT2D eigenvalue weighted by molar-refractivity contribution is -0.152. The average Bonchev–Trinajstić information content (AvgIpc) is 2.58. The molecule has 1 aliphatic rings. The Hall–Kier alpha value is -1.39. The van der Waals surface area contributed by atoms with Crippen molar-refractivity contribution < 1.29 is 23.9 Å². The van der Waals surface area contributed by atoms with Gasteiger partial charge in [0.25, 0.3) is 0 Å². The van der Waals surface area contributed by atoms with Gasteiger partial charge in [-0.25, -0.2) is 0 Å². The van der Waals surface area contributed by atoms with E-state index in [1.807, 2.05) is 0 Å². The lowest BCUT2D eigenvalue weighted by atomic mass is 10.0. The fraction of sp³-hybridized carbons (Fsp3) is 0.667. The number of ketones is 1. The zero-order chi connectivity index (χ0) is 10.7. The van der Waals surface area contributed by atoms with Crippen LogP contribution < -0.4 is 0 Å². The molecule has 2 unspecified atom stereocenters. The zero-order valence-corrected chi connectivity index (χ0v) is 8.11. The summed E-state index contributed by atoms with van der Waals surface area (Å²) >= 11 is 0. The molecule has 0 heterocycles. The van der Waals surface area contributed by atoms with Gasteiger partial charge in [0.1, 0.15) is 11.8 Å². The number of rotatable bonds is 2. The molecule has 1 aliphatic carbocycles. The van der Waals surface area contributed by atoms with E-state index in [-0.39, 0.29) is 5.78 Å². The quantitative estimate of drug-likeness (QED) is 0.461. The van der Waals surface area contributed by atoms with E-state index in [9.17, 15) is 14.4 Å². The molecule has 0 spiro atoms. The first kappa shape index (κ1) is 10.7. The summed E-state index contributed by atoms with van der Waals surface area (Å²) in [5.74, 6) is -3.10. The van der Waals surface area contributed by atoms with Crippen LogP contribution in [0.5, 0.6) is 0 Å². The fourth-order valence-corrected chi connectivity index (χ4v) is 1.61. The second-order valence-electron chi connectivity index (χ2n) is 3.13. The largest absolute Gasteiger partial charge is 0.468 e. The third-order valence-corrected chi connectivity index (χ3v) is 2.40. The van der Waals surface area contributed by atoms with Crippen molar-refractivity contribution in [3.05, 3.63) is 0 Å². The van der Waals surface area contributed by atoms with E-state index in [1.54, 1.807) is 0 Å². The van der Waals surface area contributed by atoms with Crippen molar-refractivity contribution >= 4 is 17.7 Å². The first-order chi connectivity index (χ1) is 6.61. The lowest BCUT2D eigenvalue weighted by Gasteiger charge is -2.06. The van der Waals surface area contributed by atoms with Crippen LogP contribution in [0.3, 0.4) is 0 Å². The van der Waals surface area contributed by atoms with Crippen molar-refractivity contribution in [2.24, 2.45) is 11.8 Å². The molecule has 0 N–H and O–H groups in total. The number of ether oxygens (including phenoxy) is 2. The summed E-state index contributed by atoms with van der Waals surface area (Å²) in [5, 5.41) is 0. The highest BCUT2D eigenvalue weighted by molar-refractivity contribution is 6.09. The standard InChI is InChI=1S/C9H12O5/c1-13-8(11)5-3-4-6(7(5)10)9(12)14-2/h5-6H,3-4H2,1-2H3. The molecule has 5 nitrogen and oxygen atoms in total. The average molecular weight is 200 g/mol. The zero-order valence-electron chi connectivity index (χ0n) is 8.11. The Balaban J connectivity index is 2.69. The van der Waals surface area contributed by atoms with Crippen molar-refractivity contribution in [3.63, 3.8) is 0 Å². The van der Waals surface area contributed by atoms with Crippen molar-refractivity contribution in [2.75, 3.05) is 14.2 Å². The Bertz CT molecular complexity index is 244. The van der Waals surface area contributed by atoms with Crippen molar-refractivity contribution in [3.8, 4) is 0 Å². The molecule has 0 saturated heterocycles. The fourth-order valence-electron chi connectivity index (χ4n) is 1.61. The first-order valence-corrected chi connectivity index (χ1v) is 4.31. The molecule has 2 atom stereocenters. The van der Waals surface area contributed by atoms with Crippen molar-refractivity contribution in [1.82, 2.24) is 0 Å². The highest BCUT2D eigenvalue weighted by Crippen LogP contribution is 2.28. The minimum absolute atomic E-state index is 0.366. The summed E-state index contributed by atoms with van der Waals surface area (Å²) in [4.78, 5) is 33.7. The van der Waals surface area contributed by atoms with Crippen LogP contribution in [0.25, 0.3) is 0 Å². The van der Waals surface area contributed by atoms with Gasteiger partial charge in [-0.3, -0.25) is 14.4 Å². The molecule has 0 aromatic carbocycles. The molecular weight excluding hydrogens is 188 g/mol. The van der Waals surface area contributed by atoms with E-state index in [2.05, 4.69) is 9.47 Å². The molecular formula is C9H12O5. The van der Waals surface area contributed by atoms with E-state index >= 15 is 0 Å². The van der Waals surface area contributed by atoms with Gasteiger partial charge in [0.2, 0.25) is 0 Å². The predicted octanol–water partition coefficient (Wildman–Crippen LogP) is -0.0723. The van der Waals surface area contributed by atoms with Gasteiger partial charge in [0.15, 0.2) is 5.78 Å². The minimum Gasteiger partial charge on any atom is -0.468 e. The van der Waals surface area contributed by atoms with Gasteiger partial charge in [-0.05, 0) is 12.8 Å². The Morgan fingerprint density at radius 2 is 1.43 bits per heavy atom. The van der Waals surface area contributed by atoms with E-state index < -0.39 is 23.8 Å². The molecule has 14 heavy (non-hydrogen) atoms. The second-order valence-corrected chi connectivity index (χ2v) is 3.13. The van der Waals surface area contributed by atoms with E-state index in [0.29, 0.717) is 12.8 Å². The molecule has 0 aliphatic heterocycles. The summed E-state index contributed by atoms with van der Waals surface area (Å²) in [7, 11) is 2.45. The van der Waals surface area contributed by atoms with Crippen LogP contribution in [0.1, 0.15) is 12.8 Å². The number of methoxy groups -OCH3 is 2. The number of carbonyl (C=O) groups is 3. The molecule has 1 saturated carbocycles. The van der Waals surface area contributed by atoms with Gasteiger partial charge < -0.3 is 9.47 Å². The minimum atomic E-state index is -0.788. The molecule has 1 rings (SSSR count). The summed E-state index contributed by atoms with van der Waals surface area (Å²) < 4.78 is 8.91. The summed E-state index contributed by atoms with van der Waals surface area (Å²) in [6.45, 7) is 0. The van der Waals surface area contributed by atoms with Crippen LogP contribution in [0.4, 0.5) is 0 Å². The number of hydrogen-bond acceptors (Lipinski definition) is 5. The number of esters is 2. The topological polar surface area (TPSA) is 69.7 Å². The highest BCUT2D eigenvalue weighted by atomic mass is 16.5. The second kappa shape index (κ2) is 4.21. The van der Waals surface area contributed by atoms with E-state index in [1.165, 1.54) is 14.2 Å². The SMILES string of the molecule is COC(=O)C1CCC(C(=O)OC)C1=O. The number of Topliss-reactive ketones (excluding diaryl/α,β-unsaturated/α-hetero) is 1. The summed E-state index contributed by atoms with van der Waals surface area (Å²) in [5.41, 5.74) is 0. The van der Waals surface area contributed by atoms with Crippen LogP contribution in [-0.4, -0.2) is 31.9 Å². The molecule has 5 heteroatoms. The third kappa shape index (κ3) is 1.76. The molecule has 78 valence electrons. The maximum Gasteiger partial charge on any atom is 0.316 e. The Morgan fingerprint density at radius 1 is 1.07 bits per heavy atom. The van der Waals surface area contributed by atoms with Gasteiger partial charge in [0.05, 0.1) is 14.2 Å². The molecule has 1 fully saturated rings. The van der Waals surface area contributed by atoms with E-state index in [4.69, 9.17) is 0 Å². The maximum absolute atomic E-state index is 11.5. The van der Waals surface area contributed by atoms with E-state index in [0.717, 1.165) is 0 Å². The molecule has 0 aromatic rings. The molecule has 0 amide bonds. The van der Waals surface area contributed by atoms with Gasteiger partial charge in [-0.2, -0.15) is 0 Å². The van der Waals surface area contributed by atoms with Crippen LogP contribution in [0.15, 0.2) is 0 Å². The number of carbonyl (C=O) groups excluding carboxylic acids is 3. The monoisotopic (exact) mass is 200 g/mol. The third-order valence-electron chi connectivity index (χ3n) is 2.40. The lowest BCUT2D eigenvalue weighted by Crippen LogP contribution is -2.27. The van der Waals surface area contributed by atoms with Gasteiger partial charge in [0, 0.05) is 0 Å². The Morgan fingerprint density at radius 3 is 1.71 bits per heavy atom. The van der Waals surface area contributed by atoms with Crippen molar-refractivity contribution in [1.29, 1.82) is 0 Å². The van der Waals surface area contributed by atoms with Gasteiger partial charge in [-0.1, -0.05) is 0 Å². The predicted molar refractivity (Wildman–Crippen MR) is 45.3 cm³/mol. The molecule has 0 bridgehead atoms. The van der Waals surface area contributed by atoms with Crippen LogP contribution in [0, 0.1) is 11.8 Å². The smallest absolute Gasteiger partial charge is 0.316 e. The highest BCUT2D eigenvalue weighted by Gasteiger charge is 2.43.